The lowest BCUT2D eigenvalue weighted by molar-refractivity contribution is -0.122. The third-order valence-corrected chi connectivity index (χ3v) is 4.47. The van der Waals surface area contributed by atoms with E-state index >= 15 is 0 Å². The van der Waals surface area contributed by atoms with Crippen LogP contribution in [0.25, 0.3) is 0 Å². The highest BCUT2D eigenvalue weighted by Crippen LogP contribution is 2.27. The van der Waals surface area contributed by atoms with Gasteiger partial charge < -0.3 is 10.2 Å². The molecule has 0 spiro atoms. The molecule has 0 aliphatic carbocycles. The molecule has 25 heavy (non-hydrogen) atoms. The maximum Gasteiger partial charge on any atom is 0.241 e. The van der Waals surface area contributed by atoms with E-state index < -0.39 is 0 Å². The maximum absolute atomic E-state index is 12.4. The van der Waals surface area contributed by atoms with Crippen LogP contribution >= 0.6 is 0 Å². The predicted molar refractivity (Wildman–Crippen MR) is 96.4 cm³/mol. The van der Waals surface area contributed by atoms with Crippen LogP contribution in [0.5, 0.6) is 0 Å². The Kier molecular flexibility index (Phi) is 5.16. The number of nitrogens with one attached hydrogen (secondary N) is 1. The lowest BCUT2D eigenvalue weighted by Gasteiger charge is -2.17. The molecule has 1 aromatic carbocycles. The lowest BCUT2D eigenvalue weighted by Crippen LogP contribution is -2.32. The number of anilines is 1. The Labute approximate surface area is 147 Å². The number of nitrogens with zero attached hydrogens (tertiary/aromatic N) is 3. The highest BCUT2D eigenvalue weighted by molar-refractivity contribution is 5.95. The third kappa shape index (κ3) is 4.07. The van der Waals surface area contributed by atoms with Crippen molar-refractivity contribution < 1.29 is 9.59 Å². The third-order valence-electron chi connectivity index (χ3n) is 4.47. The number of rotatable bonds is 6. The summed E-state index contributed by atoms with van der Waals surface area (Å²) in [6.07, 6.45) is 2.00. The second kappa shape index (κ2) is 7.51. The quantitative estimate of drug-likeness (QED) is 0.818. The Morgan fingerprint density at radius 3 is 2.80 bits per heavy atom. The Balaban J connectivity index is 1.41. The van der Waals surface area contributed by atoms with Crippen molar-refractivity contribution in [3.8, 4) is 0 Å². The van der Waals surface area contributed by atoms with E-state index in [1.54, 1.807) is 4.68 Å². The molecule has 6 nitrogen and oxygen atoms in total. The van der Waals surface area contributed by atoms with Gasteiger partial charge in [0.1, 0.15) is 6.54 Å². The van der Waals surface area contributed by atoms with Gasteiger partial charge in [0.25, 0.3) is 0 Å². The number of fused-ring (bicyclic) bond motifs is 1. The fourth-order valence-corrected chi connectivity index (χ4v) is 3.23. The SMILES string of the molecule is Cc1cc(C)n(CC(=O)NCCCC(=O)N2CCc3ccccc32)n1. The van der Waals surface area contributed by atoms with Crippen LogP contribution in [0.1, 0.15) is 29.8 Å². The van der Waals surface area contributed by atoms with Crippen molar-refractivity contribution in [2.24, 2.45) is 0 Å². The molecule has 3 rings (SSSR count). The highest BCUT2D eigenvalue weighted by atomic mass is 16.2. The minimum absolute atomic E-state index is 0.0785. The van der Waals surface area contributed by atoms with Crippen molar-refractivity contribution in [1.29, 1.82) is 0 Å². The fourth-order valence-electron chi connectivity index (χ4n) is 3.23. The number of hydrogen-bond acceptors (Lipinski definition) is 3. The Morgan fingerprint density at radius 1 is 1.24 bits per heavy atom. The second-order valence-electron chi connectivity index (χ2n) is 6.46. The molecule has 2 heterocycles. The van der Waals surface area contributed by atoms with Crippen LogP contribution in [0.15, 0.2) is 30.3 Å². The summed E-state index contributed by atoms with van der Waals surface area (Å²) >= 11 is 0. The van der Waals surface area contributed by atoms with Crippen LogP contribution in [-0.2, 0) is 22.6 Å². The van der Waals surface area contributed by atoms with E-state index in [0.717, 1.165) is 30.0 Å². The standard InChI is InChI=1S/C19H24N4O2/c1-14-12-15(2)23(21-14)13-18(24)20-10-5-8-19(25)22-11-9-16-6-3-4-7-17(16)22/h3-4,6-7,12H,5,8-11,13H2,1-2H3,(H,20,24). The minimum atomic E-state index is -0.0785. The molecular formula is C19H24N4O2. The molecule has 1 aliphatic rings. The summed E-state index contributed by atoms with van der Waals surface area (Å²) in [4.78, 5) is 26.2. The molecule has 0 unspecified atom stereocenters. The van der Waals surface area contributed by atoms with Gasteiger partial charge in [0.05, 0.1) is 5.69 Å². The van der Waals surface area contributed by atoms with Gasteiger partial charge in [-0.15, -0.1) is 0 Å². The molecule has 6 heteroatoms. The molecule has 0 radical (unpaired) electrons. The first-order chi connectivity index (χ1) is 12.0. The molecule has 0 saturated heterocycles. The number of amides is 2. The van der Waals surface area contributed by atoms with Crippen molar-refractivity contribution in [3.05, 3.63) is 47.3 Å². The molecule has 1 aromatic heterocycles. The van der Waals surface area contributed by atoms with Gasteiger partial charge in [-0.1, -0.05) is 18.2 Å². The molecule has 0 atom stereocenters. The van der Waals surface area contributed by atoms with Crippen molar-refractivity contribution >= 4 is 17.5 Å². The topological polar surface area (TPSA) is 67.2 Å². The van der Waals surface area contributed by atoms with E-state index in [1.165, 1.54) is 5.56 Å². The molecule has 132 valence electrons. The Morgan fingerprint density at radius 2 is 2.04 bits per heavy atom. The monoisotopic (exact) mass is 340 g/mol. The predicted octanol–water partition coefficient (Wildman–Crippen LogP) is 1.99. The first-order valence-electron chi connectivity index (χ1n) is 8.70. The van der Waals surface area contributed by atoms with Crippen LogP contribution in [0.4, 0.5) is 5.69 Å². The average Bonchev–Trinajstić information content (AvgIpc) is 3.14. The molecule has 1 N–H and O–H groups in total. The fraction of sp³-hybridized carbons (Fsp3) is 0.421. The second-order valence-corrected chi connectivity index (χ2v) is 6.46. The lowest BCUT2D eigenvalue weighted by atomic mass is 10.2. The molecule has 2 aromatic rings. The van der Waals surface area contributed by atoms with Crippen molar-refractivity contribution in [2.75, 3.05) is 18.0 Å². The highest BCUT2D eigenvalue weighted by Gasteiger charge is 2.23. The van der Waals surface area contributed by atoms with Gasteiger partial charge in [-0.05, 0) is 44.4 Å². The number of para-hydroxylation sites is 1. The zero-order valence-corrected chi connectivity index (χ0v) is 14.8. The van der Waals surface area contributed by atoms with Crippen LogP contribution in [0, 0.1) is 13.8 Å². The van der Waals surface area contributed by atoms with E-state index in [4.69, 9.17) is 0 Å². The summed E-state index contributed by atoms with van der Waals surface area (Å²) in [7, 11) is 0. The summed E-state index contributed by atoms with van der Waals surface area (Å²) in [6, 6.07) is 9.98. The molecule has 1 aliphatic heterocycles. The van der Waals surface area contributed by atoms with E-state index in [1.807, 2.05) is 43.0 Å². The first-order valence-corrected chi connectivity index (χ1v) is 8.70. The first kappa shape index (κ1) is 17.2. The van der Waals surface area contributed by atoms with E-state index in [0.29, 0.717) is 19.4 Å². The van der Waals surface area contributed by atoms with E-state index in [2.05, 4.69) is 16.5 Å². The van der Waals surface area contributed by atoms with E-state index in [9.17, 15) is 9.59 Å². The number of hydrogen-bond donors (Lipinski definition) is 1. The van der Waals surface area contributed by atoms with Gasteiger partial charge in [-0.3, -0.25) is 14.3 Å². The summed E-state index contributed by atoms with van der Waals surface area (Å²) < 4.78 is 1.69. The maximum atomic E-state index is 12.4. The largest absolute Gasteiger partial charge is 0.354 e. The van der Waals surface area contributed by atoms with Gasteiger partial charge in [0.2, 0.25) is 11.8 Å². The van der Waals surface area contributed by atoms with Crippen molar-refractivity contribution in [2.45, 2.75) is 39.7 Å². The van der Waals surface area contributed by atoms with Crippen LogP contribution in [0.2, 0.25) is 0 Å². The number of aryl methyl sites for hydroxylation is 2. The van der Waals surface area contributed by atoms with Gasteiger partial charge in [0, 0.05) is 30.9 Å². The van der Waals surface area contributed by atoms with E-state index in [-0.39, 0.29) is 18.4 Å². The van der Waals surface area contributed by atoms with Gasteiger partial charge >= 0.3 is 0 Å². The number of carbonyl (C=O) groups excluding carboxylic acids is 2. The molecule has 0 saturated carbocycles. The number of benzene rings is 1. The summed E-state index contributed by atoms with van der Waals surface area (Å²) in [6.45, 7) is 5.30. The van der Waals surface area contributed by atoms with Crippen LogP contribution in [0.3, 0.4) is 0 Å². The molecule has 0 fully saturated rings. The summed E-state index contributed by atoms with van der Waals surface area (Å²) in [5.74, 6) is 0.0444. The molecular weight excluding hydrogens is 316 g/mol. The summed E-state index contributed by atoms with van der Waals surface area (Å²) in [5.41, 5.74) is 4.13. The van der Waals surface area contributed by atoms with Crippen molar-refractivity contribution in [3.63, 3.8) is 0 Å². The van der Waals surface area contributed by atoms with Gasteiger partial charge in [-0.2, -0.15) is 5.10 Å². The Hall–Kier alpha value is -2.63. The zero-order chi connectivity index (χ0) is 17.8. The minimum Gasteiger partial charge on any atom is -0.354 e. The van der Waals surface area contributed by atoms with Crippen LogP contribution in [-0.4, -0.2) is 34.7 Å². The number of aromatic nitrogens is 2. The Bertz CT molecular complexity index is 781. The summed E-state index contributed by atoms with van der Waals surface area (Å²) in [5, 5.41) is 7.14. The molecule has 0 bridgehead atoms. The van der Waals surface area contributed by atoms with Gasteiger partial charge in [0.15, 0.2) is 0 Å². The smallest absolute Gasteiger partial charge is 0.241 e. The normalized spacial score (nSPS) is 13.0. The van der Waals surface area contributed by atoms with Crippen LogP contribution < -0.4 is 10.2 Å². The van der Waals surface area contributed by atoms with Gasteiger partial charge in [-0.25, -0.2) is 0 Å². The molecule has 2 amide bonds. The average molecular weight is 340 g/mol. The van der Waals surface area contributed by atoms with Crippen molar-refractivity contribution in [1.82, 2.24) is 15.1 Å². The number of carbonyl (C=O) groups is 2. The zero-order valence-electron chi connectivity index (χ0n) is 14.8.